The van der Waals surface area contributed by atoms with E-state index in [0.29, 0.717) is 12.2 Å². The largest absolute Gasteiger partial charge is 2.00 e. The van der Waals surface area contributed by atoms with Crippen LogP contribution in [0.5, 0.6) is 0 Å². The smallest absolute Gasteiger partial charge is 0.356 e. The van der Waals surface area contributed by atoms with Gasteiger partial charge in [-0.1, -0.05) is 31.2 Å². The van der Waals surface area contributed by atoms with Gasteiger partial charge < -0.3 is 14.3 Å². The molecule has 2 aromatic rings. The zero-order valence-electron chi connectivity index (χ0n) is 16.9. The molecule has 0 saturated heterocycles. The summed E-state index contributed by atoms with van der Waals surface area (Å²) < 4.78 is 10.3. The number of ether oxygens (including phenoxy) is 2. The van der Waals surface area contributed by atoms with E-state index in [4.69, 9.17) is 9.47 Å². The SMILES string of the molecule is COC(CCCCCCCCC(=O)[c-]1cccc1[SiH3])OC.[Fe+2].c1cc[cH-]c1. The van der Waals surface area contributed by atoms with E-state index in [-0.39, 0.29) is 23.4 Å². The van der Waals surface area contributed by atoms with Crippen molar-refractivity contribution in [3.63, 3.8) is 0 Å². The minimum Gasteiger partial charge on any atom is -0.356 e. The second-order valence-corrected chi connectivity index (χ2v) is 7.65. The molecule has 2 aromatic carbocycles. The molecule has 0 spiro atoms. The third-order valence-corrected chi connectivity index (χ3v) is 5.38. The number of ketones is 1. The van der Waals surface area contributed by atoms with E-state index in [9.17, 15) is 4.79 Å². The Balaban J connectivity index is 0.000000969. The maximum Gasteiger partial charge on any atom is 2.00 e. The second kappa shape index (κ2) is 17.1. The number of hydrogen-bond donors (Lipinski definition) is 0. The summed E-state index contributed by atoms with van der Waals surface area (Å²) in [6.45, 7) is 0. The molecule has 5 heteroatoms. The Bertz CT molecular complexity index is 545. The van der Waals surface area contributed by atoms with Gasteiger partial charge in [-0.05, 0) is 25.7 Å². The Morgan fingerprint density at radius 1 is 1.04 bits per heavy atom. The molecular weight excluding hydrogens is 396 g/mol. The topological polar surface area (TPSA) is 35.5 Å². The normalized spacial score (nSPS) is 10.3. The van der Waals surface area contributed by atoms with Crippen LogP contribution in [0.1, 0.15) is 61.7 Å². The minimum absolute atomic E-state index is 0. The molecule has 0 N–H and O–H groups in total. The molecule has 3 nitrogen and oxygen atoms in total. The van der Waals surface area contributed by atoms with Crippen molar-refractivity contribution in [3.05, 3.63) is 54.1 Å². The Labute approximate surface area is 178 Å². The third-order valence-electron chi connectivity index (χ3n) is 4.51. The standard InChI is InChI=1S/C17H29O3Si.C5H5.Fe/c1-19-17(20-2)13-8-6-4-3-5-7-11-15(18)14-10-9-12-16(14)21;1-2-4-5-3-1;/h9-10,12,17H,3-8,11,13H2,1-2,21H3;1-5H;/q2*-1;+2. The van der Waals surface area contributed by atoms with E-state index in [1.54, 1.807) is 14.2 Å². The van der Waals surface area contributed by atoms with E-state index in [1.165, 1.54) is 24.4 Å². The van der Waals surface area contributed by atoms with Gasteiger partial charge in [-0.3, -0.25) is 0 Å². The van der Waals surface area contributed by atoms with Crippen molar-refractivity contribution in [1.29, 1.82) is 0 Å². The van der Waals surface area contributed by atoms with Gasteiger partial charge in [-0.15, -0.1) is 0 Å². The number of hydrogen-bond acceptors (Lipinski definition) is 3. The molecule has 0 bridgehead atoms. The molecule has 27 heavy (non-hydrogen) atoms. The van der Waals surface area contributed by atoms with Crippen molar-refractivity contribution >= 4 is 21.2 Å². The summed E-state index contributed by atoms with van der Waals surface area (Å²) >= 11 is 0. The monoisotopic (exact) mass is 430 g/mol. The maximum absolute atomic E-state index is 12.0. The molecule has 0 fully saturated rings. The third kappa shape index (κ3) is 12.2. The first kappa shape index (κ1) is 26.0. The molecule has 0 aliphatic heterocycles. The van der Waals surface area contributed by atoms with Crippen molar-refractivity contribution in [2.45, 2.75) is 57.7 Å². The van der Waals surface area contributed by atoms with Gasteiger partial charge in [-0.25, -0.2) is 24.3 Å². The van der Waals surface area contributed by atoms with Gasteiger partial charge in [0.1, 0.15) is 5.78 Å². The Morgan fingerprint density at radius 3 is 2.11 bits per heavy atom. The van der Waals surface area contributed by atoms with Gasteiger partial charge in [0.05, 0.1) is 0 Å². The second-order valence-electron chi connectivity index (χ2n) is 6.57. The van der Waals surface area contributed by atoms with Crippen LogP contribution in [0.4, 0.5) is 0 Å². The molecule has 0 atom stereocenters. The molecule has 0 aliphatic rings. The first-order chi connectivity index (χ1) is 12.7. The molecule has 0 saturated carbocycles. The van der Waals surface area contributed by atoms with Crippen LogP contribution in [0, 0.1) is 0 Å². The zero-order chi connectivity index (χ0) is 19.0. The average molecular weight is 430 g/mol. The van der Waals surface area contributed by atoms with Gasteiger partial charge >= 0.3 is 17.1 Å². The van der Waals surface area contributed by atoms with Gasteiger partial charge in [0, 0.05) is 24.5 Å². The van der Waals surface area contributed by atoms with Crippen molar-refractivity contribution in [2.75, 3.05) is 14.2 Å². The van der Waals surface area contributed by atoms with Crippen molar-refractivity contribution in [1.82, 2.24) is 0 Å². The predicted molar refractivity (Wildman–Crippen MR) is 113 cm³/mol. The van der Waals surface area contributed by atoms with Crippen LogP contribution < -0.4 is 5.19 Å². The molecular formula is C22H34FeO3Si. The molecule has 152 valence electrons. The predicted octanol–water partition coefficient (Wildman–Crippen LogP) is 3.72. The van der Waals surface area contributed by atoms with E-state index >= 15 is 0 Å². The van der Waals surface area contributed by atoms with Crippen LogP contribution in [-0.4, -0.2) is 36.5 Å². The van der Waals surface area contributed by atoms with Crippen LogP contribution in [-0.2, 0) is 26.5 Å². The Hall–Kier alpha value is -0.974. The van der Waals surface area contributed by atoms with Crippen LogP contribution in [0.3, 0.4) is 0 Å². The molecule has 0 aliphatic carbocycles. The fourth-order valence-electron chi connectivity index (χ4n) is 2.91. The number of methoxy groups -OCH3 is 2. The Morgan fingerprint density at radius 2 is 1.63 bits per heavy atom. The van der Waals surface area contributed by atoms with Crippen molar-refractivity contribution < 1.29 is 31.3 Å². The molecule has 0 amide bonds. The summed E-state index contributed by atoms with van der Waals surface area (Å²) in [5.41, 5.74) is 0.965. The van der Waals surface area contributed by atoms with E-state index in [1.807, 2.05) is 42.5 Å². The number of carbonyl (C=O) groups is 1. The minimum atomic E-state index is -0.0565. The van der Waals surface area contributed by atoms with Crippen LogP contribution in [0.25, 0.3) is 0 Å². The van der Waals surface area contributed by atoms with Crippen molar-refractivity contribution in [3.8, 4) is 0 Å². The summed E-state index contributed by atoms with van der Waals surface area (Å²) in [5.74, 6) is 0.327. The molecule has 0 aromatic heterocycles. The van der Waals surface area contributed by atoms with E-state index in [0.717, 1.165) is 41.5 Å². The van der Waals surface area contributed by atoms with Gasteiger partial charge in [-0.2, -0.15) is 29.5 Å². The van der Waals surface area contributed by atoms with E-state index < -0.39 is 0 Å². The number of unbranched alkanes of at least 4 members (excludes halogenated alkanes) is 5. The number of carbonyl (C=O) groups excluding carboxylic acids is 1. The van der Waals surface area contributed by atoms with E-state index in [2.05, 4.69) is 6.07 Å². The molecule has 0 unspecified atom stereocenters. The molecule has 2 rings (SSSR count). The zero-order valence-corrected chi connectivity index (χ0v) is 20.0. The average Bonchev–Trinajstić information content (AvgIpc) is 3.35. The van der Waals surface area contributed by atoms with Gasteiger partial charge in [0.25, 0.3) is 0 Å². The van der Waals surface area contributed by atoms with Crippen LogP contribution >= 0.6 is 0 Å². The first-order valence-corrected chi connectivity index (χ1v) is 10.7. The molecule has 0 radical (unpaired) electrons. The first-order valence-electron chi connectivity index (χ1n) is 9.66. The summed E-state index contributed by atoms with van der Waals surface area (Å²) in [7, 11) is 4.33. The quantitative estimate of drug-likeness (QED) is 0.169. The summed E-state index contributed by atoms with van der Waals surface area (Å²) in [6, 6.07) is 16.0. The van der Waals surface area contributed by atoms with Crippen molar-refractivity contribution in [2.24, 2.45) is 0 Å². The fourth-order valence-corrected chi connectivity index (χ4v) is 3.55. The van der Waals surface area contributed by atoms with Crippen LogP contribution in [0.2, 0.25) is 0 Å². The summed E-state index contributed by atoms with van der Waals surface area (Å²) in [6.07, 6.45) is 8.58. The van der Waals surface area contributed by atoms with Gasteiger partial charge in [0.2, 0.25) is 0 Å². The number of Topliss-reactive ketones (excluding diaryl/α,β-unsaturated/α-hetero) is 1. The fraction of sp³-hybridized carbons (Fsp3) is 0.500. The summed E-state index contributed by atoms with van der Waals surface area (Å²) in [5, 5.41) is 1.24. The molecule has 0 heterocycles. The summed E-state index contributed by atoms with van der Waals surface area (Å²) in [4.78, 5) is 12.0. The van der Waals surface area contributed by atoms with Gasteiger partial charge in [0.15, 0.2) is 6.29 Å². The Kier molecular flexibility index (Phi) is 16.5. The maximum atomic E-state index is 12.0. The number of rotatable bonds is 12. The van der Waals surface area contributed by atoms with Crippen LogP contribution in [0.15, 0.2) is 48.5 Å².